The first-order valence-electron chi connectivity index (χ1n) is 8.68. The molecular weight excluding hydrogens is 358 g/mol. The highest BCUT2D eigenvalue weighted by Gasteiger charge is 2.14. The van der Waals surface area contributed by atoms with Crippen molar-refractivity contribution in [3.63, 3.8) is 0 Å². The highest BCUT2D eigenvalue weighted by atomic mass is 32.1. The van der Waals surface area contributed by atoms with Crippen LogP contribution in [0.25, 0.3) is 10.2 Å². The first-order valence-corrected chi connectivity index (χ1v) is 9.49. The molecular formula is C20H23N5OS. The summed E-state index contributed by atoms with van der Waals surface area (Å²) >= 11 is 1.53. The smallest absolute Gasteiger partial charge is 0.262 e. The highest BCUT2D eigenvalue weighted by molar-refractivity contribution is 7.22. The van der Waals surface area contributed by atoms with Gasteiger partial charge in [0.15, 0.2) is 5.13 Å². The number of carbonyl (C=O) groups excluding carboxylic acids is 1. The minimum absolute atomic E-state index is 0.210. The lowest BCUT2D eigenvalue weighted by atomic mass is 10.1. The average molecular weight is 382 g/mol. The van der Waals surface area contributed by atoms with Gasteiger partial charge in [-0.15, -0.1) is 0 Å². The molecule has 1 heterocycles. The Labute approximate surface area is 162 Å². The van der Waals surface area contributed by atoms with E-state index >= 15 is 0 Å². The third-order valence-electron chi connectivity index (χ3n) is 4.16. The van der Waals surface area contributed by atoms with E-state index in [9.17, 15) is 4.79 Å². The number of fused-ring (bicyclic) bond motifs is 1. The van der Waals surface area contributed by atoms with Gasteiger partial charge < -0.3 is 10.2 Å². The van der Waals surface area contributed by atoms with Crippen LogP contribution in [0.5, 0.6) is 0 Å². The number of para-hydroxylation sites is 1. The fraction of sp³-hybridized carbons (Fsp3) is 0.250. The zero-order valence-corrected chi connectivity index (χ0v) is 16.7. The minimum Gasteiger partial charge on any atom is -0.378 e. The van der Waals surface area contributed by atoms with Crippen LogP contribution >= 0.6 is 11.3 Å². The van der Waals surface area contributed by atoms with E-state index in [1.807, 2.05) is 74.4 Å². The van der Waals surface area contributed by atoms with Crippen molar-refractivity contribution in [1.29, 1.82) is 0 Å². The van der Waals surface area contributed by atoms with Crippen LogP contribution in [-0.4, -0.2) is 36.7 Å². The van der Waals surface area contributed by atoms with Gasteiger partial charge in [0, 0.05) is 19.8 Å². The number of carbonyl (C=O) groups is 1. The van der Waals surface area contributed by atoms with E-state index in [1.165, 1.54) is 11.3 Å². The number of nitrogens with one attached hydrogen (secondary N) is 2. The number of rotatable bonds is 6. The molecule has 0 spiro atoms. The minimum atomic E-state index is -0.446. The van der Waals surface area contributed by atoms with Crippen LogP contribution in [0.3, 0.4) is 0 Å². The molecule has 2 N–H and O–H groups in total. The van der Waals surface area contributed by atoms with E-state index in [1.54, 1.807) is 6.92 Å². The van der Waals surface area contributed by atoms with Crippen molar-refractivity contribution in [1.82, 2.24) is 10.4 Å². The molecule has 0 unspecified atom stereocenters. The summed E-state index contributed by atoms with van der Waals surface area (Å²) in [4.78, 5) is 18.9. The molecule has 140 valence electrons. The van der Waals surface area contributed by atoms with Crippen molar-refractivity contribution in [3.8, 4) is 0 Å². The normalized spacial score (nSPS) is 12.7. The Balaban J connectivity index is 1.60. The fourth-order valence-electron chi connectivity index (χ4n) is 2.49. The van der Waals surface area contributed by atoms with Gasteiger partial charge in [-0.05, 0) is 43.7 Å². The number of amides is 1. The van der Waals surface area contributed by atoms with Crippen LogP contribution in [0, 0.1) is 0 Å². The zero-order chi connectivity index (χ0) is 19.4. The molecule has 1 amide bonds. The second-order valence-corrected chi connectivity index (χ2v) is 7.50. The third kappa shape index (κ3) is 4.62. The number of hydrogen-bond acceptors (Lipinski definition) is 6. The zero-order valence-electron chi connectivity index (χ0n) is 15.9. The maximum absolute atomic E-state index is 12.3. The van der Waals surface area contributed by atoms with Crippen LogP contribution in [0.15, 0.2) is 53.6 Å². The second kappa shape index (κ2) is 8.18. The van der Waals surface area contributed by atoms with Crippen molar-refractivity contribution in [2.24, 2.45) is 5.10 Å². The summed E-state index contributed by atoms with van der Waals surface area (Å²) in [7, 11) is 3.99. The molecule has 7 heteroatoms. The van der Waals surface area contributed by atoms with E-state index in [0.29, 0.717) is 0 Å². The van der Waals surface area contributed by atoms with Gasteiger partial charge in [0.25, 0.3) is 5.91 Å². The molecule has 3 rings (SSSR count). The third-order valence-corrected chi connectivity index (χ3v) is 5.13. The lowest BCUT2D eigenvalue weighted by Crippen LogP contribution is -2.35. The largest absolute Gasteiger partial charge is 0.378 e. The molecule has 0 radical (unpaired) electrons. The molecule has 6 nitrogen and oxygen atoms in total. The predicted octanol–water partition coefficient (Wildman–Crippen LogP) is 3.70. The first-order chi connectivity index (χ1) is 12.9. The number of aromatic nitrogens is 1. The van der Waals surface area contributed by atoms with Gasteiger partial charge in [-0.25, -0.2) is 10.4 Å². The number of hydrazone groups is 1. The van der Waals surface area contributed by atoms with Gasteiger partial charge in [-0.3, -0.25) is 4.79 Å². The van der Waals surface area contributed by atoms with Gasteiger partial charge in [0.2, 0.25) is 0 Å². The fourth-order valence-corrected chi connectivity index (χ4v) is 3.44. The van der Waals surface area contributed by atoms with Gasteiger partial charge in [-0.1, -0.05) is 35.6 Å². The van der Waals surface area contributed by atoms with E-state index in [4.69, 9.17) is 0 Å². The van der Waals surface area contributed by atoms with Crippen LogP contribution in [-0.2, 0) is 4.79 Å². The summed E-state index contributed by atoms with van der Waals surface area (Å²) in [5.41, 5.74) is 6.38. The van der Waals surface area contributed by atoms with Crippen LogP contribution in [0.2, 0.25) is 0 Å². The van der Waals surface area contributed by atoms with Crippen molar-refractivity contribution in [2.75, 3.05) is 24.3 Å². The van der Waals surface area contributed by atoms with Crippen molar-refractivity contribution in [2.45, 2.75) is 19.9 Å². The monoisotopic (exact) mass is 381 g/mol. The lowest BCUT2D eigenvalue weighted by molar-refractivity contribution is -0.121. The molecule has 3 aromatic rings. The van der Waals surface area contributed by atoms with Gasteiger partial charge in [0.1, 0.15) is 6.04 Å². The predicted molar refractivity (Wildman–Crippen MR) is 114 cm³/mol. The number of nitrogens with zero attached hydrogens (tertiary/aromatic N) is 3. The number of benzene rings is 2. The maximum Gasteiger partial charge on any atom is 0.262 e. The summed E-state index contributed by atoms with van der Waals surface area (Å²) in [6.45, 7) is 3.66. The average Bonchev–Trinajstić information content (AvgIpc) is 3.08. The highest BCUT2D eigenvalue weighted by Crippen LogP contribution is 2.25. The standard InChI is InChI=1S/C20H23N5OS/c1-13(15-9-11-16(12-10-15)25(3)4)23-24-19(26)14(2)21-20-22-17-7-5-6-8-18(17)27-20/h5-12,14H,1-4H3,(H,21,22)(H,24,26)/b23-13-/t14-/m0/s1. The molecule has 1 aromatic heterocycles. The molecule has 0 saturated heterocycles. The quantitative estimate of drug-likeness (QED) is 0.505. The number of anilines is 2. The molecule has 0 bridgehead atoms. The summed E-state index contributed by atoms with van der Waals surface area (Å²) in [5, 5.41) is 8.08. The van der Waals surface area contributed by atoms with Gasteiger partial charge in [-0.2, -0.15) is 5.10 Å². The van der Waals surface area contributed by atoms with E-state index in [0.717, 1.165) is 32.3 Å². The molecule has 27 heavy (non-hydrogen) atoms. The maximum atomic E-state index is 12.3. The summed E-state index contributed by atoms with van der Waals surface area (Å²) < 4.78 is 1.09. The summed E-state index contributed by atoms with van der Waals surface area (Å²) in [5.74, 6) is -0.210. The molecule has 0 saturated carbocycles. The molecule has 0 aliphatic rings. The second-order valence-electron chi connectivity index (χ2n) is 6.47. The van der Waals surface area contributed by atoms with Crippen LogP contribution in [0.4, 0.5) is 10.8 Å². The number of thiazole rings is 1. The Morgan fingerprint density at radius 1 is 1.15 bits per heavy atom. The Morgan fingerprint density at radius 2 is 1.85 bits per heavy atom. The summed E-state index contributed by atoms with van der Waals surface area (Å²) in [6, 6.07) is 15.5. The molecule has 1 atom stereocenters. The van der Waals surface area contributed by atoms with Gasteiger partial charge >= 0.3 is 0 Å². The Hall–Kier alpha value is -2.93. The number of hydrogen-bond donors (Lipinski definition) is 2. The first kappa shape index (κ1) is 18.8. The summed E-state index contributed by atoms with van der Waals surface area (Å²) in [6.07, 6.45) is 0. The van der Waals surface area contributed by atoms with Crippen molar-refractivity contribution >= 4 is 44.0 Å². The molecule has 2 aromatic carbocycles. The Bertz CT molecular complexity index is 929. The van der Waals surface area contributed by atoms with Crippen molar-refractivity contribution in [3.05, 3.63) is 54.1 Å². The SMILES string of the molecule is C/C(=N/NC(=O)[C@H](C)Nc1nc2ccccc2s1)c1ccc(N(C)C)cc1. The Kier molecular flexibility index (Phi) is 5.71. The molecule has 0 fully saturated rings. The molecule has 0 aliphatic heterocycles. The van der Waals surface area contributed by atoms with Crippen molar-refractivity contribution < 1.29 is 4.79 Å². The molecule has 0 aliphatic carbocycles. The lowest BCUT2D eigenvalue weighted by Gasteiger charge is -2.13. The topological polar surface area (TPSA) is 69.6 Å². The van der Waals surface area contributed by atoms with E-state index < -0.39 is 6.04 Å². The van der Waals surface area contributed by atoms with Crippen LogP contribution in [0.1, 0.15) is 19.4 Å². The van der Waals surface area contributed by atoms with E-state index in [-0.39, 0.29) is 5.91 Å². The Morgan fingerprint density at radius 3 is 2.52 bits per heavy atom. The van der Waals surface area contributed by atoms with E-state index in [2.05, 4.69) is 20.8 Å². The van der Waals surface area contributed by atoms with Crippen LogP contribution < -0.4 is 15.6 Å². The van der Waals surface area contributed by atoms with Gasteiger partial charge in [0.05, 0.1) is 15.9 Å².